The Kier molecular flexibility index (Phi) is 3.29. The van der Waals surface area contributed by atoms with Crippen LogP contribution in [0.4, 0.5) is 0 Å². The Morgan fingerprint density at radius 1 is 1.67 bits per heavy atom. The van der Waals surface area contributed by atoms with Gasteiger partial charge in [0.25, 0.3) is 0 Å². The van der Waals surface area contributed by atoms with E-state index >= 15 is 0 Å². The van der Waals surface area contributed by atoms with E-state index in [0.29, 0.717) is 0 Å². The first-order chi connectivity index (χ1) is 7.10. The molecule has 0 saturated carbocycles. The highest BCUT2D eigenvalue weighted by Gasteiger charge is 2.28. The fourth-order valence-corrected chi connectivity index (χ4v) is 1.09. The van der Waals surface area contributed by atoms with Crippen LogP contribution in [0.1, 0.15) is 13.8 Å². The number of carbonyl (C=O) groups is 2. The molecule has 0 aromatic rings. The molecule has 80 valence electrons. The predicted molar refractivity (Wildman–Crippen MR) is 50.0 cm³/mol. The Labute approximate surface area is 86.9 Å². The predicted octanol–water partition coefficient (Wildman–Crippen LogP) is -0.607. The summed E-state index contributed by atoms with van der Waals surface area (Å²) in [4.78, 5) is 22.4. The van der Waals surface area contributed by atoms with E-state index in [1.165, 1.54) is 0 Å². The van der Waals surface area contributed by atoms with Crippen molar-refractivity contribution in [1.82, 2.24) is 10.6 Å². The van der Waals surface area contributed by atoms with Gasteiger partial charge in [0, 0.05) is 0 Å². The number of ether oxygens (including phenoxy) is 1. The summed E-state index contributed by atoms with van der Waals surface area (Å²) < 4.78 is 4.67. The van der Waals surface area contributed by atoms with Crippen molar-refractivity contribution in [2.45, 2.75) is 19.9 Å². The van der Waals surface area contributed by atoms with E-state index in [0.717, 1.165) is 0 Å². The first-order valence-electron chi connectivity index (χ1n) is 4.49. The lowest BCUT2D eigenvalue weighted by molar-refractivity contribution is -0.138. The molecule has 6 heteroatoms. The number of rotatable bonds is 2. The van der Waals surface area contributed by atoms with Gasteiger partial charge in [-0.2, -0.15) is 5.26 Å². The van der Waals surface area contributed by atoms with Gasteiger partial charge in [-0.05, 0) is 13.8 Å². The zero-order valence-corrected chi connectivity index (χ0v) is 8.46. The Hall–Kier alpha value is -2.03. The van der Waals surface area contributed by atoms with E-state index in [9.17, 15) is 9.59 Å². The van der Waals surface area contributed by atoms with E-state index in [-0.39, 0.29) is 23.9 Å². The molecule has 1 heterocycles. The normalized spacial score (nSPS) is 22.5. The molecule has 0 aliphatic carbocycles. The van der Waals surface area contributed by atoms with Crippen molar-refractivity contribution >= 4 is 11.9 Å². The minimum atomic E-state index is -0.739. The fourth-order valence-electron chi connectivity index (χ4n) is 1.09. The molecule has 0 aromatic heterocycles. The highest BCUT2D eigenvalue weighted by atomic mass is 16.5. The third-order valence-electron chi connectivity index (χ3n) is 1.84. The molecule has 1 rings (SSSR count). The van der Waals surface area contributed by atoms with Crippen LogP contribution < -0.4 is 10.6 Å². The maximum Gasteiger partial charge on any atom is 0.352 e. The number of esters is 1. The van der Waals surface area contributed by atoms with Crippen molar-refractivity contribution < 1.29 is 14.3 Å². The van der Waals surface area contributed by atoms with Gasteiger partial charge in [-0.1, -0.05) is 0 Å². The first kappa shape index (κ1) is 11.0. The van der Waals surface area contributed by atoms with Gasteiger partial charge in [0.1, 0.15) is 17.9 Å². The van der Waals surface area contributed by atoms with Gasteiger partial charge < -0.3 is 15.4 Å². The molecule has 0 bridgehead atoms. The second-order valence-electron chi connectivity index (χ2n) is 2.94. The topological polar surface area (TPSA) is 91.2 Å². The Bertz CT molecular complexity index is 367. The second kappa shape index (κ2) is 4.46. The molecule has 0 spiro atoms. The van der Waals surface area contributed by atoms with Gasteiger partial charge in [-0.15, -0.1) is 0 Å². The van der Waals surface area contributed by atoms with Gasteiger partial charge in [0.2, 0.25) is 5.91 Å². The Morgan fingerprint density at radius 2 is 2.33 bits per heavy atom. The quantitative estimate of drug-likeness (QED) is 0.360. The van der Waals surface area contributed by atoms with Crippen LogP contribution in [-0.4, -0.2) is 24.5 Å². The smallest absolute Gasteiger partial charge is 0.352 e. The van der Waals surface area contributed by atoms with Crippen LogP contribution in [0.2, 0.25) is 0 Å². The highest BCUT2D eigenvalue weighted by molar-refractivity contribution is 5.96. The van der Waals surface area contributed by atoms with Gasteiger partial charge in [0.05, 0.1) is 6.61 Å². The van der Waals surface area contributed by atoms with Crippen molar-refractivity contribution in [3.63, 3.8) is 0 Å². The molecule has 1 unspecified atom stereocenters. The molecule has 0 aromatic carbocycles. The van der Waals surface area contributed by atoms with Crippen LogP contribution >= 0.6 is 0 Å². The van der Waals surface area contributed by atoms with E-state index in [1.807, 2.05) is 0 Å². The second-order valence-corrected chi connectivity index (χ2v) is 2.94. The van der Waals surface area contributed by atoms with Crippen LogP contribution in [0.15, 0.2) is 11.4 Å². The van der Waals surface area contributed by atoms with Crippen LogP contribution in [0.3, 0.4) is 0 Å². The minimum absolute atomic E-state index is 0.119. The summed E-state index contributed by atoms with van der Waals surface area (Å²) in [5.74, 6) is -0.896. The van der Waals surface area contributed by atoms with Crippen LogP contribution in [0, 0.1) is 11.3 Å². The van der Waals surface area contributed by atoms with Crippen molar-refractivity contribution in [3.8, 4) is 6.07 Å². The third kappa shape index (κ3) is 2.26. The number of amides is 1. The molecule has 15 heavy (non-hydrogen) atoms. The first-order valence-corrected chi connectivity index (χ1v) is 4.49. The molecule has 1 amide bonds. The number of nitriles is 1. The molecule has 1 fully saturated rings. The molecule has 1 aliphatic rings. The molecule has 2 N–H and O–H groups in total. The van der Waals surface area contributed by atoms with E-state index in [1.54, 1.807) is 19.9 Å². The largest absolute Gasteiger partial charge is 0.462 e. The number of carbonyl (C=O) groups excluding carboxylic acids is 2. The molecule has 1 atom stereocenters. The summed E-state index contributed by atoms with van der Waals surface area (Å²) >= 11 is 0. The van der Waals surface area contributed by atoms with Crippen molar-refractivity contribution in [3.05, 3.63) is 11.4 Å². The number of nitrogens with one attached hydrogen (secondary N) is 2. The number of nitrogens with zero attached hydrogens (tertiary/aromatic N) is 1. The molecule has 6 nitrogen and oxygen atoms in total. The molecular formula is C9H11N3O3. The van der Waals surface area contributed by atoms with Crippen molar-refractivity contribution in [1.29, 1.82) is 5.26 Å². The molecule has 1 aliphatic heterocycles. The SMILES string of the molecule is CCOC(=O)/C(C#N)=C1\NC(=O)C(C)N1. The average molecular weight is 209 g/mol. The summed E-state index contributed by atoms with van der Waals surface area (Å²) in [5.41, 5.74) is -0.213. The molecule has 0 radical (unpaired) electrons. The van der Waals surface area contributed by atoms with Gasteiger partial charge in [-0.25, -0.2) is 4.79 Å². The monoisotopic (exact) mass is 209 g/mol. The maximum absolute atomic E-state index is 11.3. The van der Waals surface area contributed by atoms with E-state index < -0.39 is 12.0 Å². The van der Waals surface area contributed by atoms with E-state index in [4.69, 9.17) is 5.26 Å². The Morgan fingerprint density at radius 3 is 2.73 bits per heavy atom. The summed E-state index contributed by atoms with van der Waals surface area (Å²) in [6.45, 7) is 3.45. The summed E-state index contributed by atoms with van der Waals surface area (Å²) in [5, 5.41) is 13.8. The lowest BCUT2D eigenvalue weighted by atomic mass is 10.3. The standard InChI is InChI=1S/C9H11N3O3/c1-3-15-9(14)6(4-10)7-11-5(2)8(13)12-7/h5,11H,3H2,1-2H3,(H,12,13)/b7-6-. The summed E-state index contributed by atoms with van der Waals surface area (Å²) in [6, 6.07) is 1.25. The zero-order chi connectivity index (χ0) is 11.4. The Balaban J connectivity index is 2.92. The summed E-state index contributed by atoms with van der Waals surface area (Å²) in [7, 11) is 0. The number of hydrogen-bond donors (Lipinski definition) is 2. The lowest BCUT2D eigenvalue weighted by Crippen LogP contribution is -2.23. The van der Waals surface area contributed by atoms with Crippen LogP contribution in [0.5, 0.6) is 0 Å². The molecular weight excluding hydrogens is 198 g/mol. The van der Waals surface area contributed by atoms with Gasteiger partial charge >= 0.3 is 5.97 Å². The zero-order valence-electron chi connectivity index (χ0n) is 8.46. The average Bonchev–Trinajstić information content (AvgIpc) is 2.48. The maximum atomic E-state index is 11.3. The third-order valence-corrected chi connectivity index (χ3v) is 1.84. The van der Waals surface area contributed by atoms with Crippen LogP contribution in [-0.2, 0) is 14.3 Å². The van der Waals surface area contributed by atoms with Gasteiger partial charge in [-0.3, -0.25) is 4.79 Å². The fraction of sp³-hybridized carbons (Fsp3) is 0.444. The van der Waals surface area contributed by atoms with Crippen LogP contribution in [0.25, 0.3) is 0 Å². The van der Waals surface area contributed by atoms with Gasteiger partial charge in [0.15, 0.2) is 5.57 Å². The van der Waals surface area contributed by atoms with Crippen molar-refractivity contribution in [2.24, 2.45) is 0 Å². The number of hydrogen-bond acceptors (Lipinski definition) is 5. The summed E-state index contributed by atoms with van der Waals surface area (Å²) in [6.07, 6.45) is 0. The minimum Gasteiger partial charge on any atom is -0.462 e. The van der Waals surface area contributed by atoms with Crippen molar-refractivity contribution in [2.75, 3.05) is 6.61 Å². The molecule has 1 saturated heterocycles. The highest BCUT2D eigenvalue weighted by Crippen LogP contribution is 2.07. The van der Waals surface area contributed by atoms with E-state index in [2.05, 4.69) is 15.4 Å². The lowest BCUT2D eigenvalue weighted by Gasteiger charge is -2.03.